The quantitative estimate of drug-likeness (QED) is 0.661. The van der Waals surface area contributed by atoms with Gasteiger partial charge in [-0.2, -0.15) is 0 Å². The van der Waals surface area contributed by atoms with E-state index in [2.05, 4.69) is 18.9 Å². The number of aliphatic hydroxyl groups excluding tert-OH is 1. The topological polar surface area (TPSA) is 41.9 Å². The lowest BCUT2D eigenvalue weighted by molar-refractivity contribution is -0.0407. The zero-order valence-electron chi connectivity index (χ0n) is 11.6. The molecule has 3 atom stereocenters. The second-order valence-corrected chi connectivity index (χ2v) is 5.27. The molecule has 17 heavy (non-hydrogen) atoms. The zero-order valence-corrected chi connectivity index (χ0v) is 11.6. The minimum atomic E-state index is -0.416. The van der Waals surface area contributed by atoms with Crippen LogP contribution in [0.3, 0.4) is 0 Å². The molecule has 0 aromatic rings. The van der Waals surface area contributed by atoms with Gasteiger partial charge in [0, 0.05) is 19.7 Å². The van der Waals surface area contributed by atoms with Crippen LogP contribution in [0.4, 0.5) is 0 Å². The van der Waals surface area contributed by atoms with E-state index in [1.165, 1.54) is 12.8 Å². The number of hydrogen-bond donors (Lipinski definition) is 1. The highest BCUT2D eigenvalue weighted by molar-refractivity contribution is 4.84. The minimum Gasteiger partial charge on any atom is -0.389 e. The molecule has 102 valence electrons. The fourth-order valence-electron chi connectivity index (χ4n) is 2.05. The van der Waals surface area contributed by atoms with E-state index in [1.54, 1.807) is 7.11 Å². The van der Waals surface area contributed by atoms with Gasteiger partial charge in [0.2, 0.25) is 0 Å². The number of nitrogens with zero attached hydrogens (tertiary/aromatic N) is 1. The molecule has 0 aromatic heterocycles. The number of ether oxygens (including phenoxy) is 2. The summed E-state index contributed by atoms with van der Waals surface area (Å²) in [5, 5.41) is 9.88. The van der Waals surface area contributed by atoms with Gasteiger partial charge in [0.05, 0.1) is 25.4 Å². The van der Waals surface area contributed by atoms with Gasteiger partial charge in [0.25, 0.3) is 0 Å². The first-order valence-corrected chi connectivity index (χ1v) is 6.53. The number of hydrogen-bond acceptors (Lipinski definition) is 4. The smallest absolute Gasteiger partial charge is 0.0900 e. The Bertz CT molecular complexity index is 209. The van der Waals surface area contributed by atoms with E-state index in [0.717, 1.165) is 5.92 Å². The maximum atomic E-state index is 9.88. The van der Waals surface area contributed by atoms with E-state index in [1.807, 2.05) is 6.92 Å². The summed E-state index contributed by atoms with van der Waals surface area (Å²) in [4.78, 5) is 2.23. The van der Waals surface area contributed by atoms with Crippen LogP contribution < -0.4 is 0 Å². The molecule has 1 aliphatic carbocycles. The summed E-state index contributed by atoms with van der Waals surface area (Å²) in [6, 6.07) is 0.570. The molecular weight excluding hydrogens is 218 g/mol. The number of aliphatic hydroxyl groups is 1. The van der Waals surface area contributed by atoms with Crippen LogP contribution in [0.15, 0.2) is 0 Å². The second-order valence-electron chi connectivity index (χ2n) is 5.27. The van der Waals surface area contributed by atoms with E-state index in [4.69, 9.17) is 9.47 Å². The molecule has 0 bridgehead atoms. The van der Waals surface area contributed by atoms with Crippen molar-refractivity contribution in [2.24, 2.45) is 5.92 Å². The molecule has 1 aliphatic rings. The van der Waals surface area contributed by atoms with Gasteiger partial charge >= 0.3 is 0 Å². The molecular formula is C13H27NO3. The largest absolute Gasteiger partial charge is 0.389 e. The lowest BCUT2D eigenvalue weighted by Gasteiger charge is -2.27. The van der Waals surface area contributed by atoms with Gasteiger partial charge in [-0.25, -0.2) is 0 Å². The van der Waals surface area contributed by atoms with E-state index in [0.29, 0.717) is 25.8 Å². The van der Waals surface area contributed by atoms with E-state index < -0.39 is 6.10 Å². The summed E-state index contributed by atoms with van der Waals surface area (Å²) in [6.07, 6.45) is 2.30. The molecule has 3 unspecified atom stereocenters. The summed E-state index contributed by atoms with van der Waals surface area (Å²) >= 11 is 0. The van der Waals surface area contributed by atoms with Crippen molar-refractivity contribution >= 4 is 0 Å². The highest BCUT2D eigenvalue weighted by Gasteiger charge is 2.30. The van der Waals surface area contributed by atoms with Crippen molar-refractivity contribution in [3.63, 3.8) is 0 Å². The average Bonchev–Trinajstić information content (AvgIpc) is 3.09. The summed E-state index contributed by atoms with van der Waals surface area (Å²) in [5.41, 5.74) is 0. The normalized spacial score (nSPS) is 21.5. The Morgan fingerprint density at radius 3 is 2.47 bits per heavy atom. The maximum absolute atomic E-state index is 9.88. The molecule has 4 nitrogen and oxygen atoms in total. The average molecular weight is 245 g/mol. The Morgan fingerprint density at radius 2 is 1.94 bits per heavy atom. The molecule has 0 aliphatic heterocycles. The van der Waals surface area contributed by atoms with Gasteiger partial charge in [-0.3, -0.25) is 0 Å². The molecule has 1 N–H and O–H groups in total. The lowest BCUT2D eigenvalue weighted by atomic mass is 10.2. The summed E-state index contributed by atoms with van der Waals surface area (Å²) < 4.78 is 10.5. The molecule has 1 fully saturated rings. The molecule has 1 rings (SSSR count). The Kier molecular flexibility index (Phi) is 6.41. The van der Waals surface area contributed by atoms with Crippen molar-refractivity contribution < 1.29 is 14.6 Å². The van der Waals surface area contributed by atoms with Crippen LogP contribution in [-0.2, 0) is 9.47 Å². The third-order valence-electron chi connectivity index (χ3n) is 3.47. The van der Waals surface area contributed by atoms with Crippen molar-refractivity contribution in [3.05, 3.63) is 0 Å². The molecule has 0 amide bonds. The van der Waals surface area contributed by atoms with Crippen LogP contribution in [-0.4, -0.2) is 62.2 Å². The summed E-state index contributed by atoms with van der Waals surface area (Å²) in [5.74, 6) is 0.834. The number of rotatable bonds is 9. The van der Waals surface area contributed by atoms with Crippen molar-refractivity contribution in [1.82, 2.24) is 4.90 Å². The fraction of sp³-hybridized carbons (Fsp3) is 1.00. The van der Waals surface area contributed by atoms with E-state index in [9.17, 15) is 5.11 Å². The van der Waals surface area contributed by atoms with Gasteiger partial charge < -0.3 is 19.5 Å². The first kappa shape index (κ1) is 14.9. The van der Waals surface area contributed by atoms with Crippen LogP contribution in [0.2, 0.25) is 0 Å². The number of likely N-dealkylation sites (N-methyl/N-ethyl adjacent to an activating group) is 1. The van der Waals surface area contributed by atoms with Gasteiger partial charge in [-0.05, 0) is 39.7 Å². The van der Waals surface area contributed by atoms with Crippen LogP contribution in [0.5, 0.6) is 0 Å². The Balaban J connectivity index is 2.12. The highest BCUT2D eigenvalue weighted by atomic mass is 16.5. The molecule has 4 heteroatoms. The molecule has 0 spiro atoms. The SMILES string of the molecule is COCC(C)OCC(O)CN(C)C(C)C1CC1. The minimum absolute atomic E-state index is 0.0424. The predicted molar refractivity (Wildman–Crippen MR) is 68.1 cm³/mol. The molecule has 0 aromatic carbocycles. The van der Waals surface area contributed by atoms with Gasteiger partial charge in [-0.15, -0.1) is 0 Å². The summed E-state index contributed by atoms with van der Waals surface area (Å²) in [7, 11) is 3.73. The predicted octanol–water partition coefficient (Wildman–Crippen LogP) is 1.13. The van der Waals surface area contributed by atoms with Gasteiger partial charge in [-0.1, -0.05) is 0 Å². The van der Waals surface area contributed by atoms with E-state index in [-0.39, 0.29) is 6.10 Å². The Hall–Kier alpha value is -0.160. The van der Waals surface area contributed by atoms with Crippen LogP contribution in [0, 0.1) is 5.92 Å². The zero-order chi connectivity index (χ0) is 12.8. The van der Waals surface area contributed by atoms with Gasteiger partial charge in [0.15, 0.2) is 0 Å². The first-order chi connectivity index (χ1) is 8.04. The van der Waals surface area contributed by atoms with Crippen molar-refractivity contribution in [2.45, 2.75) is 44.9 Å². The van der Waals surface area contributed by atoms with Crippen molar-refractivity contribution in [2.75, 3.05) is 33.9 Å². The lowest BCUT2D eigenvalue weighted by Crippen LogP contribution is -2.39. The van der Waals surface area contributed by atoms with E-state index >= 15 is 0 Å². The van der Waals surface area contributed by atoms with Crippen LogP contribution >= 0.6 is 0 Å². The molecule has 1 saturated carbocycles. The highest BCUT2D eigenvalue weighted by Crippen LogP contribution is 2.34. The number of methoxy groups -OCH3 is 1. The van der Waals surface area contributed by atoms with Crippen LogP contribution in [0.25, 0.3) is 0 Å². The Morgan fingerprint density at radius 1 is 1.29 bits per heavy atom. The third-order valence-corrected chi connectivity index (χ3v) is 3.47. The van der Waals surface area contributed by atoms with Crippen molar-refractivity contribution in [1.29, 1.82) is 0 Å². The molecule has 0 saturated heterocycles. The second kappa shape index (κ2) is 7.31. The molecule has 0 heterocycles. The first-order valence-electron chi connectivity index (χ1n) is 6.53. The maximum Gasteiger partial charge on any atom is 0.0900 e. The monoisotopic (exact) mass is 245 g/mol. The van der Waals surface area contributed by atoms with Crippen LogP contribution in [0.1, 0.15) is 26.7 Å². The van der Waals surface area contributed by atoms with Crippen molar-refractivity contribution in [3.8, 4) is 0 Å². The fourth-order valence-corrected chi connectivity index (χ4v) is 2.05. The molecule has 0 radical (unpaired) electrons. The third kappa shape index (κ3) is 5.82. The standard InChI is InChI=1S/C13H27NO3/c1-10(8-16-4)17-9-13(15)7-14(3)11(2)12-5-6-12/h10-13,15H,5-9H2,1-4H3. The Labute approximate surface area is 105 Å². The summed E-state index contributed by atoms with van der Waals surface area (Å²) in [6.45, 7) is 5.82. The van der Waals surface area contributed by atoms with Gasteiger partial charge in [0.1, 0.15) is 0 Å².